The summed E-state index contributed by atoms with van der Waals surface area (Å²) in [4.78, 5) is 4.08. The first-order valence-electron chi connectivity index (χ1n) is 6.98. The van der Waals surface area contributed by atoms with E-state index in [2.05, 4.69) is 20.1 Å². The molecule has 0 spiro atoms. The summed E-state index contributed by atoms with van der Waals surface area (Å²) in [6.45, 7) is 3.97. The number of para-hydroxylation sites is 1. The van der Waals surface area contributed by atoms with E-state index in [1.165, 1.54) is 0 Å². The van der Waals surface area contributed by atoms with Crippen molar-refractivity contribution in [2.75, 3.05) is 10.0 Å². The summed E-state index contributed by atoms with van der Waals surface area (Å²) in [7, 11) is -4.00. The molecule has 2 heterocycles. The number of anilines is 2. The second-order valence-corrected chi connectivity index (χ2v) is 7.89. The number of rotatable bonds is 3. The third-order valence-electron chi connectivity index (χ3n) is 3.54. The lowest BCUT2D eigenvalue weighted by molar-refractivity contribution is 0.407. The predicted molar refractivity (Wildman–Crippen MR) is 89.7 cm³/mol. The normalized spacial score (nSPS) is 20.7. The van der Waals surface area contributed by atoms with Crippen molar-refractivity contribution in [1.82, 2.24) is 14.8 Å². The van der Waals surface area contributed by atoms with Gasteiger partial charge in [-0.05, 0) is 32.4 Å². The number of hydrogen-bond acceptors (Lipinski definition) is 5. The van der Waals surface area contributed by atoms with Crippen LogP contribution < -0.4 is 10.0 Å². The summed E-state index contributed by atoms with van der Waals surface area (Å²) < 4.78 is 29.0. The maximum Gasteiger partial charge on any atom is 0.299 e. The van der Waals surface area contributed by atoms with Crippen LogP contribution >= 0.6 is 23.2 Å². The summed E-state index contributed by atoms with van der Waals surface area (Å²) >= 11 is 12.0. The SMILES string of the molecule is CC1CC(C)n2nc(S(=O)(=O)Nc3c(Cl)cccc3Cl)nc2N1. The molecule has 0 saturated carbocycles. The average Bonchev–Trinajstić information content (AvgIpc) is 2.88. The Labute approximate surface area is 144 Å². The Balaban J connectivity index is 1.97. The van der Waals surface area contributed by atoms with Crippen molar-refractivity contribution in [3.8, 4) is 0 Å². The quantitative estimate of drug-likeness (QED) is 0.859. The second kappa shape index (κ2) is 5.85. The van der Waals surface area contributed by atoms with Crippen LogP contribution in [-0.4, -0.2) is 29.2 Å². The molecule has 0 fully saturated rings. The zero-order valence-electron chi connectivity index (χ0n) is 12.4. The molecule has 2 atom stereocenters. The van der Waals surface area contributed by atoms with Gasteiger partial charge in [0, 0.05) is 6.04 Å². The van der Waals surface area contributed by atoms with Crippen LogP contribution in [0.2, 0.25) is 10.0 Å². The molecule has 0 aliphatic carbocycles. The number of hydrogen-bond donors (Lipinski definition) is 2. The Hall–Kier alpha value is -1.51. The smallest absolute Gasteiger partial charge is 0.299 e. The maximum absolute atomic E-state index is 12.5. The molecule has 10 heteroatoms. The van der Waals surface area contributed by atoms with Crippen LogP contribution in [-0.2, 0) is 10.0 Å². The zero-order valence-corrected chi connectivity index (χ0v) is 14.7. The second-order valence-electron chi connectivity index (χ2n) is 5.49. The highest BCUT2D eigenvalue weighted by molar-refractivity contribution is 7.92. The van der Waals surface area contributed by atoms with Crippen LogP contribution in [0.1, 0.15) is 26.3 Å². The summed E-state index contributed by atoms with van der Waals surface area (Å²) in [6.07, 6.45) is 0.833. The van der Waals surface area contributed by atoms with Crippen molar-refractivity contribution in [3.05, 3.63) is 28.2 Å². The van der Waals surface area contributed by atoms with E-state index >= 15 is 0 Å². The summed E-state index contributed by atoms with van der Waals surface area (Å²) in [5.74, 6) is 0.432. The van der Waals surface area contributed by atoms with Gasteiger partial charge in [0.2, 0.25) is 5.95 Å². The highest BCUT2D eigenvalue weighted by atomic mass is 35.5. The molecule has 1 aliphatic heterocycles. The van der Waals surface area contributed by atoms with Gasteiger partial charge in [-0.1, -0.05) is 29.3 Å². The van der Waals surface area contributed by atoms with Crippen LogP contribution in [0.5, 0.6) is 0 Å². The fourth-order valence-corrected chi connectivity index (χ4v) is 4.08. The van der Waals surface area contributed by atoms with E-state index in [1.54, 1.807) is 22.9 Å². The number of nitrogens with one attached hydrogen (secondary N) is 2. The first kappa shape index (κ1) is 16.4. The minimum Gasteiger partial charge on any atom is -0.352 e. The van der Waals surface area contributed by atoms with Crippen molar-refractivity contribution >= 4 is 44.9 Å². The Bertz CT molecular complexity index is 832. The molecule has 7 nitrogen and oxygen atoms in total. The number of aromatic nitrogens is 3. The van der Waals surface area contributed by atoms with Gasteiger partial charge in [0.05, 0.1) is 21.8 Å². The Morgan fingerprint density at radius 3 is 2.61 bits per heavy atom. The van der Waals surface area contributed by atoms with Gasteiger partial charge in [-0.15, -0.1) is 5.10 Å². The van der Waals surface area contributed by atoms with Crippen molar-refractivity contribution < 1.29 is 8.42 Å². The topological polar surface area (TPSA) is 88.9 Å². The van der Waals surface area contributed by atoms with E-state index < -0.39 is 10.0 Å². The van der Waals surface area contributed by atoms with Gasteiger partial charge in [-0.2, -0.15) is 13.4 Å². The highest BCUT2D eigenvalue weighted by Gasteiger charge is 2.29. The lowest BCUT2D eigenvalue weighted by atomic mass is 10.1. The highest BCUT2D eigenvalue weighted by Crippen LogP contribution is 2.32. The predicted octanol–water partition coefficient (Wildman–Crippen LogP) is 3.15. The zero-order chi connectivity index (χ0) is 16.8. The Morgan fingerprint density at radius 1 is 1.30 bits per heavy atom. The van der Waals surface area contributed by atoms with Crippen LogP contribution in [0, 0.1) is 0 Å². The first-order chi connectivity index (χ1) is 10.8. The maximum atomic E-state index is 12.5. The van der Waals surface area contributed by atoms with Gasteiger partial charge in [-0.25, -0.2) is 4.68 Å². The molecule has 0 bridgehead atoms. The van der Waals surface area contributed by atoms with Crippen LogP contribution in [0.15, 0.2) is 23.4 Å². The molecule has 1 aliphatic rings. The summed E-state index contributed by atoms with van der Waals surface area (Å²) in [5, 5.41) is 7.29. The summed E-state index contributed by atoms with van der Waals surface area (Å²) in [5.41, 5.74) is 0.109. The number of fused-ring (bicyclic) bond motifs is 1. The van der Waals surface area contributed by atoms with Crippen LogP contribution in [0.25, 0.3) is 0 Å². The van der Waals surface area contributed by atoms with E-state index in [4.69, 9.17) is 23.2 Å². The van der Waals surface area contributed by atoms with Crippen molar-refractivity contribution in [3.63, 3.8) is 0 Å². The van der Waals surface area contributed by atoms with Crippen molar-refractivity contribution in [1.29, 1.82) is 0 Å². The van der Waals surface area contributed by atoms with Gasteiger partial charge in [-0.3, -0.25) is 4.72 Å². The third-order valence-corrected chi connectivity index (χ3v) is 5.30. The molecule has 124 valence electrons. The molecule has 2 unspecified atom stereocenters. The molecular weight excluding hydrogens is 361 g/mol. The molecule has 2 N–H and O–H groups in total. The molecule has 0 saturated heterocycles. The van der Waals surface area contributed by atoms with E-state index in [0.29, 0.717) is 5.95 Å². The molecular formula is C13H15Cl2N5O2S. The molecule has 3 rings (SSSR count). The Kier molecular flexibility index (Phi) is 4.16. The summed E-state index contributed by atoms with van der Waals surface area (Å²) in [6, 6.07) is 4.97. The van der Waals surface area contributed by atoms with Gasteiger partial charge in [0.1, 0.15) is 0 Å². The number of halogens is 2. The molecule has 23 heavy (non-hydrogen) atoms. The fraction of sp³-hybridized carbons (Fsp3) is 0.385. The molecule has 0 radical (unpaired) electrons. The van der Waals surface area contributed by atoms with E-state index in [1.807, 2.05) is 13.8 Å². The largest absolute Gasteiger partial charge is 0.352 e. The van der Waals surface area contributed by atoms with Crippen molar-refractivity contribution in [2.24, 2.45) is 0 Å². The lowest BCUT2D eigenvalue weighted by Gasteiger charge is -2.26. The lowest BCUT2D eigenvalue weighted by Crippen LogP contribution is -2.29. The third kappa shape index (κ3) is 3.11. The van der Waals surface area contributed by atoms with Crippen LogP contribution in [0.3, 0.4) is 0 Å². The first-order valence-corrected chi connectivity index (χ1v) is 9.22. The van der Waals surface area contributed by atoms with Crippen LogP contribution in [0.4, 0.5) is 11.6 Å². The number of benzene rings is 1. The molecule has 0 amide bonds. The monoisotopic (exact) mass is 375 g/mol. The van der Waals surface area contributed by atoms with E-state index in [-0.39, 0.29) is 33.0 Å². The average molecular weight is 376 g/mol. The van der Waals surface area contributed by atoms with Gasteiger partial charge in [0.15, 0.2) is 0 Å². The molecule has 2 aromatic rings. The number of sulfonamides is 1. The van der Waals surface area contributed by atoms with Gasteiger partial charge < -0.3 is 5.32 Å². The number of nitrogens with zero attached hydrogens (tertiary/aromatic N) is 3. The molecule has 1 aromatic carbocycles. The van der Waals surface area contributed by atoms with E-state index in [9.17, 15) is 8.42 Å². The van der Waals surface area contributed by atoms with Gasteiger partial charge >= 0.3 is 0 Å². The fourth-order valence-electron chi connectivity index (χ4n) is 2.49. The minimum absolute atomic E-state index is 0.0570. The minimum atomic E-state index is -4.00. The Morgan fingerprint density at radius 2 is 1.96 bits per heavy atom. The van der Waals surface area contributed by atoms with Gasteiger partial charge in [0.25, 0.3) is 15.2 Å². The standard InChI is InChI=1S/C13H15Cl2N5O2S/c1-7-6-8(2)20-12(16-7)17-13(18-20)23(21,22)19-11-9(14)4-3-5-10(11)15/h3-5,7-8,19H,6H2,1-2H3,(H,16,17,18). The van der Waals surface area contributed by atoms with E-state index in [0.717, 1.165) is 6.42 Å². The van der Waals surface area contributed by atoms with Crippen molar-refractivity contribution in [2.45, 2.75) is 37.5 Å². The molecule has 1 aromatic heterocycles.